The van der Waals surface area contributed by atoms with Gasteiger partial charge in [-0.15, -0.1) is 5.11 Å². The minimum atomic E-state index is -1.25. The van der Waals surface area contributed by atoms with Crippen molar-refractivity contribution in [3.05, 3.63) is 48.0 Å². The Labute approximate surface area is 138 Å². The molecule has 0 fully saturated rings. The van der Waals surface area contributed by atoms with Gasteiger partial charge < -0.3 is 10.2 Å². The van der Waals surface area contributed by atoms with Gasteiger partial charge in [-0.05, 0) is 23.3 Å². The van der Waals surface area contributed by atoms with Gasteiger partial charge in [0.15, 0.2) is 0 Å². The minimum absolute atomic E-state index is 0. The summed E-state index contributed by atoms with van der Waals surface area (Å²) in [5.41, 5.74) is 1.37. The predicted octanol–water partition coefficient (Wildman–Crippen LogP) is 2.40. The SMILES string of the molecule is CN(C)N=Nc1cc(-c2ccccc2)cc(O)c1C(=O)O.[SeH2]. The van der Waals surface area contributed by atoms with Gasteiger partial charge in [0, 0.05) is 14.1 Å². The van der Waals surface area contributed by atoms with Crippen molar-refractivity contribution in [3.8, 4) is 16.9 Å². The first-order valence-electron chi connectivity index (χ1n) is 6.23. The zero-order valence-electron chi connectivity index (χ0n) is 12.2. The third-order valence-corrected chi connectivity index (χ3v) is 2.75. The van der Waals surface area contributed by atoms with Gasteiger partial charge in [0.05, 0.1) is 0 Å². The number of rotatable bonds is 4. The number of carboxylic acid groups (broad SMARTS) is 1. The molecule has 0 radical (unpaired) electrons. The third kappa shape index (κ3) is 4.07. The van der Waals surface area contributed by atoms with Gasteiger partial charge in [-0.2, -0.15) is 0 Å². The molecule has 0 aliphatic rings. The number of benzene rings is 2. The van der Waals surface area contributed by atoms with Gasteiger partial charge in [-0.1, -0.05) is 35.6 Å². The quantitative estimate of drug-likeness (QED) is 0.494. The molecule has 22 heavy (non-hydrogen) atoms. The predicted molar refractivity (Wildman–Crippen MR) is 87.2 cm³/mol. The fourth-order valence-electron chi connectivity index (χ4n) is 1.84. The van der Waals surface area contributed by atoms with E-state index in [4.69, 9.17) is 0 Å². The molecule has 0 heterocycles. The summed E-state index contributed by atoms with van der Waals surface area (Å²) in [5, 5.41) is 28.3. The van der Waals surface area contributed by atoms with E-state index in [-0.39, 0.29) is 34.1 Å². The molecular formula is C15H17N3O3Se. The Hall–Kier alpha value is -2.37. The van der Waals surface area contributed by atoms with Crippen LogP contribution in [0.3, 0.4) is 0 Å². The van der Waals surface area contributed by atoms with Crippen LogP contribution in [0.4, 0.5) is 5.69 Å². The molecule has 0 aliphatic carbocycles. The molecule has 0 bridgehead atoms. The van der Waals surface area contributed by atoms with Crippen molar-refractivity contribution in [1.82, 2.24) is 5.01 Å². The topological polar surface area (TPSA) is 85.5 Å². The van der Waals surface area contributed by atoms with Crippen LogP contribution in [0.15, 0.2) is 52.8 Å². The number of carbonyl (C=O) groups is 1. The van der Waals surface area contributed by atoms with E-state index >= 15 is 0 Å². The Kier molecular flexibility index (Phi) is 6.10. The van der Waals surface area contributed by atoms with Gasteiger partial charge in [0.2, 0.25) is 0 Å². The summed E-state index contributed by atoms with van der Waals surface area (Å²) >= 11 is 0. The van der Waals surface area contributed by atoms with Crippen LogP contribution in [0.5, 0.6) is 5.75 Å². The van der Waals surface area contributed by atoms with Crippen LogP contribution in [0.2, 0.25) is 0 Å². The molecule has 2 rings (SSSR count). The number of hydrogen-bond donors (Lipinski definition) is 2. The number of aromatic hydroxyl groups is 1. The second-order valence-electron chi connectivity index (χ2n) is 4.60. The van der Waals surface area contributed by atoms with Crippen LogP contribution >= 0.6 is 0 Å². The van der Waals surface area contributed by atoms with Crippen LogP contribution in [0.25, 0.3) is 11.1 Å². The molecule has 0 aliphatic heterocycles. The number of aromatic carboxylic acids is 1. The molecule has 0 saturated heterocycles. The zero-order valence-corrected chi connectivity index (χ0v) is 14.3. The van der Waals surface area contributed by atoms with Crippen LogP contribution in [-0.2, 0) is 0 Å². The van der Waals surface area contributed by atoms with E-state index in [1.54, 1.807) is 20.2 Å². The van der Waals surface area contributed by atoms with Gasteiger partial charge in [0.25, 0.3) is 0 Å². The van der Waals surface area contributed by atoms with Crippen molar-refractivity contribution in [2.45, 2.75) is 0 Å². The fourth-order valence-corrected chi connectivity index (χ4v) is 1.84. The maximum atomic E-state index is 11.3. The second-order valence-corrected chi connectivity index (χ2v) is 4.60. The van der Waals surface area contributed by atoms with Crippen molar-refractivity contribution in [2.75, 3.05) is 14.1 Å². The van der Waals surface area contributed by atoms with E-state index < -0.39 is 5.97 Å². The normalized spacial score (nSPS) is 10.3. The molecule has 0 atom stereocenters. The Balaban J connectivity index is 0.00000242. The van der Waals surface area contributed by atoms with Crippen molar-refractivity contribution >= 4 is 28.7 Å². The van der Waals surface area contributed by atoms with Crippen molar-refractivity contribution in [1.29, 1.82) is 0 Å². The Bertz CT molecular complexity index is 688. The molecule has 0 amide bonds. The van der Waals surface area contributed by atoms with Crippen molar-refractivity contribution < 1.29 is 15.0 Å². The van der Waals surface area contributed by atoms with Crippen LogP contribution in [-0.4, -0.2) is 52.4 Å². The summed E-state index contributed by atoms with van der Waals surface area (Å²) < 4.78 is 0. The first kappa shape index (κ1) is 17.7. The molecule has 6 nitrogen and oxygen atoms in total. The molecular weight excluding hydrogens is 349 g/mol. The van der Waals surface area contributed by atoms with Gasteiger partial charge in [-0.25, -0.2) is 4.79 Å². The van der Waals surface area contributed by atoms with E-state index in [1.165, 1.54) is 11.1 Å². The number of hydrogen-bond acceptors (Lipinski definition) is 4. The van der Waals surface area contributed by atoms with Gasteiger partial charge in [-0.3, -0.25) is 5.01 Å². The van der Waals surface area contributed by atoms with E-state index in [9.17, 15) is 15.0 Å². The number of carboxylic acids is 1. The average molecular weight is 366 g/mol. The Morgan fingerprint density at radius 1 is 1.09 bits per heavy atom. The molecule has 0 saturated carbocycles. The van der Waals surface area contributed by atoms with Crippen molar-refractivity contribution in [3.63, 3.8) is 0 Å². The standard InChI is InChI=1S/C15H15N3O3.H2Se/c1-18(2)17-16-12-8-11(10-6-4-3-5-7-10)9-13(19)14(12)15(20)21;/h3-9,19H,1-2H3,(H,20,21);1H2. The first-order chi connectivity index (χ1) is 9.99. The zero-order chi connectivity index (χ0) is 15.4. The van der Waals surface area contributed by atoms with Crippen molar-refractivity contribution in [2.24, 2.45) is 10.3 Å². The summed E-state index contributed by atoms with van der Waals surface area (Å²) in [6.07, 6.45) is 0. The average Bonchev–Trinajstić information content (AvgIpc) is 2.45. The molecule has 2 N–H and O–H groups in total. The van der Waals surface area contributed by atoms with E-state index in [0.717, 1.165) is 5.56 Å². The molecule has 2 aromatic rings. The fraction of sp³-hybridized carbons (Fsp3) is 0.133. The molecule has 0 aromatic heterocycles. The molecule has 0 spiro atoms. The molecule has 7 heteroatoms. The Morgan fingerprint density at radius 3 is 2.27 bits per heavy atom. The maximum absolute atomic E-state index is 11.3. The number of nitrogens with zero attached hydrogens (tertiary/aromatic N) is 3. The first-order valence-corrected chi connectivity index (χ1v) is 6.23. The van der Waals surface area contributed by atoms with Gasteiger partial charge >= 0.3 is 23.0 Å². The molecule has 2 aromatic carbocycles. The summed E-state index contributed by atoms with van der Waals surface area (Å²) in [6.45, 7) is 0. The summed E-state index contributed by atoms with van der Waals surface area (Å²) in [6, 6.07) is 12.3. The molecule has 116 valence electrons. The summed E-state index contributed by atoms with van der Waals surface area (Å²) in [4.78, 5) is 11.3. The Morgan fingerprint density at radius 2 is 1.73 bits per heavy atom. The third-order valence-electron chi connectivity index (χ3n) is 2.75. The summed E-state index contributed by atoms with van der Waals surface area (Å²) in [7, 11) is 3.34. The monoisotopic (exact) mass is 367 g/mol. The van der Waals surface area contributed by atoms with Crippen LogP contribution in [0, 0.1) is 0 Å². The number of phenols is 1. The van der Waals surface area contributed by atoms with E-state index in [1.807, 2.05) is 30.3 Å². The second kappa shape index (κ2) is 7.58. The van der Waals surface area contributed by atoms with E-state index in [0.29, 0.717) is 5.56 Å². The van der Waals surface area contributed by atoms with Crippen LogP contribution in [0.1, 0.15) is 10.4 Å². The molecule has 0 unspecified atom stereocenters. The van der Waals surface area contributed by atoms with E-state index in [2.05, 4.69) is 10.3 Å². The van der Waals surface area contributed by atoms with Crippen LogP contribution < -0.4 is 0 Å². The van der Waals surface area contributed by atoms with Gasteiger partial charge in [0.1, 0.15) is 17.0 Å². The summed E-state index contributed by atoms with van der Waals surface area (Å²) in [5.74, 6) is -1.59.